The van der Waals surface area contributed by atoms with Gasteiger partial charge < -0.3 is 24.4 Å². The molecule has 0 saturated carbocycles. The van der Waals surface area contributed by atoms with Crippen LogP contribution in [0.15, 0.2) is 89.8 Å². The highest BCUT2D eigenvalue weighted by atomic mass is 32.2. The molecule has 44 heavy (non-hydrogen) atoms. The van der Waals surface area contributed by atoms with Crippen LogP contribution < -0.4 is 10.1 Å². The lowest BCUT2D eigenvalue weighted by Gasteiger charge is -2.31. The highest BCUT2D eigenvalue weighted by Gasteiger charge is 2.31. The van der Waals surface area contributed by atoms with Crippen molar-refractivity contribution in [3.8, 4) is 5.75 Å². The molecule has 236 valence electrons. The van der Waals surface area contributed by atoms with Crippen LogP contribution in [0, 0.1) is 0 Å². The van der Waals surface area contributed by atoms with Crippen molar-refractivity contribution in [1.82, 2.24) is 14.5 Å². The summed E-state index contributed by atoms with van der Waals surface area (Å²) < 4.78 is 43.8. The highest BCUT2D eigenvalue weighted by molar-refractivity contribution is 7.89. The van der Waals surface area contributed by atoms with Crippen molar-refractivity contribution >= 4 is 21.8 Å². The van der Waals surface area contributed by atoms with Gasteiger partial charge in [0.25, 0.3) is 5.91 Å². The van der Waals surface area contributed by atoms with Crippen molar-refractivity contribution in [3.05, 3.63) is 96.1 Å². The van der Waals surface area contributed by atoms with Crippen molar-refractivity contribution in [1.29, 1.82) is 0 Å². The Morgan fingerprint density at radius 3 is 2.20 bits per heavy atom. The van der Waals surface area contributed by atoms with Crippen molar-refractivity contribution < 1.29 is 32.2 Å². The molecule has 1 saturated heterocycles. The summed E-state index contributed by atoms with van der Waals surface area (Å²) in [6, 6.07) is 24.3. The van der Waals surface area contributed by atoms with E-state index in [0.29, 0.717) is 64.7 Å². The molecule has 1 atom stereocenters. The zero-order chi connectivity index (χ0) is 31.2. The fourth-order valence-electron chi connectivity index (χ4n) is 4.85. The normalized spacial score (nSPS) is 14.5. The number of carbonyl (C=O) groups is 2. The predicted molar refractivity (Wildman–Crippen MR) is 167 cm³/mol. The van der Waals surface area contributed by atoms with Crippen LogP contribution in [-0.2, 0) is 42.1 Å². The molecule has 0 aromatic heterocycles. The maximum absolute atomic E-state index is 13.8. The monoisotopic (exact) mass is 623 g/mol. The summed E-state index contributed by atoms with van der Waals surface area (Å²) in [6.45, 7) is 4.70. The molecular weight excluding hydrogens is 582 g/mol. The average molecular weight is 624 g/mol. The van der Waals surface area contributed by atoms with E-state index >= 15 is 0 Å². The number of rotatable bonds is 16. The first kappa shape index (κ1) is 33.1. The summed E-state index contributed by atoms with van der Waals surface area (Å²) in [4.78, 5) is 29.1. The lowest BCUT2D eigenvalue weighted by Crippen LogP contribution is -2.51. The summed E-state index contributed by atoms with van der Waals surface area (Å²) in [7, 11) is -3.65. The van der Waals surface area contributed by atoms with Gasteiger partial charge in [-0.2, -0.15) is 4.31 Å². The van der Waals surface area contributed by atoms with Crippen LogP contribution >= 0.6 is 0 Å². The molecule has 11 heteroatoms. The van der Waals surface area contributed by atoms with Gasteiger partial charge in [-0.1, -0.05) is 60.7 Å². The smallest absolute Gasteiger partial charge is 0.261 e. The minimum atomic E-state index is -3.65. The molecule has 0 radical (unpaired) electrons. The molecule has 0 spiro atoms. The van der Waals surface area contributed by atoms with Crippen LogP contribution in [0.5, 0.6) is 5.75 Å². The number of ether oxygens (including phenoxy) is 3. The first-order chi connectivity index (χ1) is 21.4. The van der Waals surface area contributed by atoms with Gasteiger partial charge in [-0.25, -0.2) is 8.42 Å². The van der Waals surface area contributed by atoms with E-state index in [4.69, 9.17) is 14.2 Å². The number of hydrogen-bond acceptors (Lipinski definition) is 7. The van der Waals surface area contributed by atoms with Crippen LogP contribution in [0.3, 0.4) is 0 Å². The summed E-state index contributed by atoms with van der Waals surface area (Å²) >= 11 is 0. The van der Waals surface area contributed by atoms with Crippen LogP contribution in [0.4, 0.5) is 0 Å². The molecule has 10 nitrogen and oxygen atoms in total. The van der Waals surface area contributed by atoms with E-state index in [-0.39, 0.29) is 29.9 Å². The molecule has 0 bridgehead atoms. The van der Waals surface area contributed by atoms with Crippen LogP contribution in [0.1, 0.15) is 24.5 Å². The van der Waals surface area contributed by atoms with Gasteiger partial charge in [-0.15, -0.1) is 0 Å². The summed E-state index contributed by atoms with van der Waals surface area (Å²) in [5.41, 5.74) is 1.80. The second-order valence-electron chi connectivity index (χ2n) is 10.3. The van der Waals surface area contributed by atoms with Crippen molar-refractivity contribution in [3.63, 3.8) is 0 Å². The Kier molecular flexibility index (Phi) is 12.7. The second kappa shape index (κ2) is 16.9. The van der Waals surface area contributed by atoms with E-state index in [1.54, 1.807) is 4.90 Å². The third kappa shape index (κ3) is 9.62. The molecule has 0 unspecified atom stereocenters. The summed E-state index contributed by atoms with van der Waals surface area (Å²) in [6.07, 6.45) is 0.982. The van der Waals surface area contributed by atoms with Crippen LogP contribution in [0.25, 0.3) is 0 Å². The molecule has 4 rings (SSSR count). The highest BCUT2D eigenvalue weighted by Crippen LogP contribution is 2.21. The van der Waals surface area contributed by atoms with Crippen molar-refractivity contribution in [2.45, 2.75) is 37.2 Å². The maximum Gasteiger partial charge on any atom is 0.261 e. The largest absolute Gasteiger partial charge is 0.484 e. The van der Waals surface area contributed by atoms with Gasteiger partial charge in [-0.3, -0.25) is 9.59 Å². The molecule has 2 amide bonds. The minimum absolute atomic E-state index is 0.146. The van der Waals surface area contributed by atoms with Gasteiger partial charge in [0.1, 0.15) is 11.8 Å². The lowest BCUT2D eigenvalue weighted by atomic mass is 10.0. The zero-order valence-electron chi connectivity index (χ0n) is 25.1. The van der Waals surface area contributed by atoms with Gasteiger partial charge in [0.15, 0.2) is 6.61 Å². The van der Waals surface area contributed by atoms with Gasteiger partial charge in [0.2, 0.25) is 15.9 Å². The Balaban J connectivity index is 1.50. The van der Waals surface area contributed by atoms with Crippen molar-refractivity contribution in [2.75, 3.05) is 52.7 Å². The average Bonchev–Trinajstić information content (AvgIpc) is 3.06. The number of hydrogen-bond donors (Lipinski definition) is 1. The number of nitrogens with zero attached hydrogens (tertiary/aromatic N) is 2. The fraction of sp³-hybridized carbons (Fsp3) is 0.394. The number of benzene rings is 3. The first-order valence-electron chi connectivity index (χ1n) is 14.9. The molecule has 1 N–H and O–H groups in total. The Hall–Kier alpha value is -3.77. The zero-order valence-corrected chi connectivity index (χ0v) is 25.9. The molecule has 1 aliphatic rings. The molecule has 1 fully saturated rings. The number of sulfonamides is 1. The molecule has 3 aromatic rings. The molecule has 1 aliphatic heterocycles. The van der Waals surface area contributed by atoms with Gasteiger partial charge in [0, 0.05) is 45.8 Å². The topological polar surface area (TPSA) is 114 Å². The lowest BCUT2D eigenvalue weighted by molar-refractivity contribution is -0.142. The predicted octanol–water partition coefficient (Wildman–Crippen LogP) is 3.27. The SMILES string of the molecule is CCOCCCNC(=O)[C@@H](Cc1ccccc1)N(Cc1ccccc1)C(=O)COc1ccc(S(=O)(=O)N2CCOCC2)cc1. The molecule has 3 aromatic carbocycles. The van der Waals surface area contributed by atoms with Gasteiger partial charge in [-0.05, 0) is 48.7 Å². The maximum atomic E-state index is 13.8. The minimum Gasteiger partial charge on any atom is -0.484 e. The summed E-state index contributed by atoms with van der Waals surface area (Å²) in [5.74, 6) is -0.282. The van der Waals surface area contributed by atoms with Crippen molar-refractivity contribution in [2.24, 2.45) is 0 Å². The second-order valence-corrected chi connectivity index (χ2v) is 12.3. The van der Waals surface area contributed by atoms with Crippen LogP contribution in [-0.4, -0.2) is 88.1 Å². The van der Waals surface area contributed by atoms with E-state index in [1.165, 1.54) is 28.6 Å². The van der Waals surface area contributed by atoms with E-state index in [2.05, 4.69) is 5.32 Å². The standard InChI is InChI=1S/C33H41N3O7S/c1-2-41-21-9-18-34-33(38)31(24-27-10-5-3-6-11-27)36(25-28-12-7-4-8-13-28)32(37)26-43-29-14-16-30(17-15-29)44(39,40)35-19-22-42-23-20-35/h3-8,10-17,31H,2,9,18-26H2,1H3,(H,34,38)/t31-/m1/s1. The molecule has 0 aliphatic carbocycles. The van der Waals surface area contributed by atoms with Gasteiger partial charge >= 0.3 is 0 Å². The third-order valence-electron chi connectivity index (χ3n) is 7.23. The van der Waals surface area contributed by atoms with E-state index < -0.39 is 16.1 Å². The van der Waals surface area contributed by atoms with Crippen LogP contribution in [0.2, 0.25) is 0 Å². The molecule has 1 heterocycles. The van der Waals surface area contributed by atoms with E-state index in [0.717, 1.165) is 11.1 Å². The Labute approximate surface area is 260 Å². The fourth-order valence-corrected chi connectivity index (χ4v) is 6.26. The molecular formula is C33H41N3O7S. The Morgan fingerprint density at radius 2 is 1.57 bits per heavy atom. The van der Waals surface area contributed by atoms with E-state index in [1.807, 2.05) is 67.6 Å². The summed E-state index contributed by atoms with van der Waals surface area (Å²) in [5, 5.41) is 2.98. The number of nitrogens with one attached hydrogen (secondary N) is 1. The third-order valence-corrected chi connectivity index (χ3v) is 9.14. The Bertz CT molecular complexity index is 1410. The van der Waals surface area contributed by atoms with Gasteiger partial charge in [0.05, 0.1) is 18.1 Å². The number of carbonyl (C=O) groups excluding carboxylic acids is 2. The van der Waals surface area contributed by atoms with E-state index in [9.17, 15) is 18.0 Å². The first-order valence-corrected chi connectivity index (χ1v) is 16.4. The Morgan fingerprint density at radius 1 is 0.932 bits per heavy atom. The quantitative estimate of drug-likeness (QED) is 0.244. The number of amides is 2. The number of morpholine rings is 1.